The lowest BCUT2D eigenvalue weighted by Gasteiger charge is -2.28. The molecule has 232 valence electrons. The van der Waals surface area contributed by atoms with Crippen molar-refractivity contribution in [2.24, 2.45) is 4.99 Å². The second-order valence-corrected chi connectivity index (χ2v) is 11.9. The van der Waals surface area contributed by atoms with Crippen molar-refractivity contribution in [3.8, 4) is 0 Å². The Morgan fingerprint density at radius 2 is 1.79 bits per heavy atom. The molecule has 2 N–H and O–H groups in total. The Labute approximate surface area is 254 Å². The van der Waals surface area contributed by atoms with Crippen LogP contribution in [0.3, 0.4) is 0 Å². The predicted molar refractivity (Wildman–Crippen MR) is 170 cm³/mol. The van der Waals surface area contributed by atoms with Crippen molar-refractivity contribution >= 4 is 11.5 Å². The van der Waals surface area contributed by atoms with Crippen molar-refractivity contribution < 1.29 is 18.0 Å². The molecule has 2 unspecified atom stereocenters. The van der Waals surface area contributed by atoms with Gasteiger partial charge >= 0.3 is 6.18 Å². The lowest BCUT2D eigenvalue weighted by atomic mass is 9.97. The molecule has 0 aromatic heterocycles. The van der Waals surface area contributed by atoms with E-state index in [9.17, 15) is 13.2 Å². The average molecular weight is 595 g/mol. The molecule has 0 amide bonds. The van der Waals surface area contributed by atoms with E-state index in [1.54, 1.807) is 6.92 Å². The van der Waals surface area contributed by atoms with Crippen LogP contribution < -0.4 is 10.6 Å². The monoisotopic (exact) mass is 594 g/mol. The first-order valence-electron chi connectivity index (χ1n) is 15.3. The van der Waals surface area contributed by atoms with Gasteiger partial charge in [-0.05, 0) is 87.6 Å². The fourth-order valence-corrected chi connectivity index (χ4v) is 5.55. The Kier molecular flexibility index (Phi) is 10.9. The molecule has 1 saturated carbocycles. The van der Waals surface area contributed by atoms with E-state index in [2.05, 4.69) is 61.7 Å². The first kappa shape index (κ1) is 32.6. The maximum Gasteiger partial charge on any atom is 0.419 e. The van der Waals surface area contributed by atoms with Crippen molar-refractivity contribution in [2.45, 2.75) is 96.4 Å². The van der Waals surface area contributed by atoms with Gasteiger partial charge in [0.05, 0.1) is 23.9 Å². The molecular formula is C35H45F3N4O. The number of rotatable bonds is 13. The van der Waals surface area contributed by atoms with Crippen LogP contribution in [0.25, 0.3) is 0 Å². The van der Waals surface area contributed by atoms with Gasteiger partial charge in [-0.1, -0.05) is 62.1 Å². The van der Waals surface area contributed by atoms with Crippen LogP contribution in [0.5, 0.6) is 0 Å². The van der Waals surface area contributed by atoms with Crippen LogP contribution in [0, 0.1) is 0 Å². The molecule has 3 atom stereocenters. The van der Waals surface area contributed by atoms with E-state index in [1.165, 1.54) is 10.6 Å². The second kappa shape index (κ2) is 14.4. The fraction of sp³-hybridized carbons (Fsp3) is 0.457. The highest BCUT2D eigenvalue weighted by molar-refractivity contribution is 5.94. The summed E-state index contributed by atoms with van der Waals surface area (Å²) >= 11 is 0. The number of hydrogen-bond donors (Lipinski definition) is 2. The SMILES string of the molecule is C=C(Cc1cc(NC(C)=N/C=C(\C(=C)N2OCC[C@H]2c2ccccc2)C(F)(F)F)cc(C2CC2)c1)CC(C)NC(C)CC. The number of aliphatic imine (C=N–C) groups is 1. The van der Waals surface area contributed by atoms with Crippen LogP contribution in [0.2, 0.25) is 0 Å². The van der Waals surface area contributed by atoms with E-state index in [1.807, 2.05) is 36.4 Å². The Morgan fingerprint density at radius 3 is 2.44 bits per heavy atom. The van der Waals surface area contributed by atoms with E-state index >= 15 is 0 Å². The van der Waals surface area contributed by atoms with Gasteiger partial charge in [0, 0.05) is 30.4 Å². The zero-order chi connectivity index (χ0) is 31.1. The summed E-state index contributed by atoms with van der Waals surface area (Å²) in [4.78, 5) is 9.80. The molecule has 1 heterocycles. The summed E-state index contributed by atoms with van der Waals surface area (Å²) in [6.07, 6.45) is 1.74. The molecule has 1 aliphatic heterocycles. The van der Waals surface area contributed by atoms with Gasteiger partial charge in [0.1, 0.15) is 5.84 Å². The normalized spacial score (nSPS) is 19.3. The van der Waals surface area contributed by atoms with Crippen LogP contribution in [-0.2, 0) is 11.3 Å². The molecule has 1 aliphatic carbocycles. The molecule has 2 fully saturated rings. The number of alkyl halides is 3. The first-order valence-corrected chi connectivity index (χ1v) is 15.3. The standard InChI is InChI=1S/C35H45F3N4O/c1-7-24(3)40-25(4)17-23(2)18-28-19-31(29-13-14-29)21-32(20-28)41-27(6)39-22-33(35(36,37)38)26(5)42-34(15-16-43-42)30-11-9-8-10-12-30/h8-12,19-22,24-25,29,34,40H,2,5,7,13-18H2,1,3-4,6H3,(H,39,41)/b33-22+/t24?,25?,34-/m0/s1. The van der Waals surface area contributed by atoms with Gasteiger partial charge < -0.3 is 10.6 Å². The van der Waals surface area contributed by atoms with Crippen LogP contribution in [-0.4, -0.2) is 35.8 Å². The zero-order valence-electron chi connectivity index (χ0n) is 25.8. The summed E-state index contributed by atoms with van der Waals surface area (Å²) in [6, 6.07) is 16.1. The summed E-state index contributed by atoms with van der Waals surface area (Å²) in [5.41, 5.74) is 4.00. The molecular weight excluding hydrogens is 549 g/mol. The quantitative estimate of drug-likeness (QED) is 0.105. The average Bonchev–Trinajstić information content (AvgIpc) is 3.68. The molecule has 0 radical (unpaired) electrons. The zero-order valence-corrected chi connectivity index (χ0v) is 25.8. The topological polar surface area (TPSA) is 48.9 Å². The van der Waals surface area contributed by atoms with Gasteiger partial charge in [0.25, 0.3) is 0 Å². The third-order valence-corrected chi connectivity index (χ3v) is 7.98. The Morgan fingerprint density at radius 1 is 1.07 bits per heavy atom. The van der Waals surface area contributed by atoms with Crippen molar-refractivity contribution in [3.05, 3.63) is 101 Å². The summed E-state index contributed by atoms with van der Waals surface area (Å²) in [5.74, 6) is 0.871. The van der Waals surface area contributed by atoms with Gasteiger partial charge in [0.2, 0.25) is 0 Å². The van der Waals surface area contributed by atoms with Gasteiger partial charge in [-0.3, -0.25) is 4.84 Å². The van der Waals surface area contributed by atoms with E-state index < -0.39 is 11.7 Å². The van der Waals surface area contributed by atoms with Crippen molar-refractivity contribution in [3.63, 3.8) is 0 Å². The van der Waals surface area contributed by atoms with Gasteiger partial charge in [-0.25, -0.2) is 10.1 Å². The number of hydrogen-bond acceptors (Lipinski definition) is 4. The number of nitrogens with one attached hydrogen (secondary N) is 2. The lowest BCUT2D eigenvalue weighted by molar-refractivity contribution is -0.123. The fourth-order valence-electron chi connectivity index (χ4n) is 5.55. The minimum Gasteiger partial charge on any atom is -0.344 e. The predicted octanol–water partition coefficient (Wildman–Crippen LogP) is 9.00. The largest absolute Gasteiger partial charge is 0.419 e. The minimum atomic E-state index is -4.66. The van der Waals surface area contributed by atoms with E-state index in [4.69, 9.17) is 4.84 Å². The summed E-state index contributed by atoms with van der Waals surface area (Å²) in [5, 5.41) is 8.09. The van der Waals surface area contributed by atoms with Crippen LogP contribution >= 0.6 is 0 Å². The Balaban J connectivity index is 1.49. The molecule has 1 saturated heterocycles. The number of amidine groups is 1. The maximum absolute atomic E-state index is 14.2. The van der Waals surface area contributed by atoms with E-state index in [0.29, 0.717) is 36.9 Å². The maximum atomic E-state index is 14.2. The molecule has 0 bridgehead atoms. The molecule has 5 nitrogen and oxygen atoms in total. The van der Waals surface area contributed by atoms with Crippen molar-refractivity contribution in [2.75, 3.05) is 11.9 Å². The first-order chi connectivity index (χ1) is 20.4. The third-order valence-electron chi connectivity index (χ3n) is 7.98. The van der Waals surface area contributed by atoms with Gasteiger partial charge in [0.15, 0.2) is 0 Å². The van der Waals surface area contributed by atoms with Gasteiger partial charge in [-0.15, -0.1) is 0 Å². The lowest BCUT2D eigenvalue weighted by Crippen LogP contribution is -2.34. The van der Waals surface area contributed by atoms with E-state index in [0.717, 1.165) is 60.7 Å². The molecule has 43 heavy (non-hydrogen) atoms. The second-order valence-electron chi connectivity index (χ2n) is 11.9. The highest BCUT2D eigenvalue weighted by Crippen LogP contribution is 2.42. The molecule has 2 aliphatic rings. The van der Waals surface area contributed by atoms with Crippen molar-refractivity contribution in [1.82, 2.24) is 10.4 Å². The number of allylic oxidation sites excluding steroid dienone is 1. The Hall–Kier alpha value is -3.36. The minimum absolute atomic E-state index is 0.260. The molecule has 0 spiro atoms. The number of nitrogens with zero attached hydrogens (tertiary/aromatic N) is 2. The van der Waals surface area contributed by atoms with Crippen LogP contribution in [0.1, 0.15) is 88.4 Å². The summed E-state index contributed by atoms with van der Waals surface area (Å²) in [7, 11) is 0. The molecule has 2 aromatic rings. The summed E-state index contributed by atoms with van der Waals surface area (Å²) < 4.78 is 42.7. The van der Waals surface area contributed by atoms with Crippen LogP contribution in [0.4, 0.5) is 18.9 Å². The number of benzene rings is 2. The highest BCUT2D eigenvalue weighted by Gasteiger charge is 2.41. The number of anilines is 1. The number of halogens is 3. The number of hydroxylamine groups is 2. The highest BCUT2D eigenvalue weighted by atomic mass is 19.4. The smallest absolute Gasteiger partial charge is 0.344 e. The summed E-state index contributed by atoms with van der Waals surface area (Å²) in [6.45, 7) is 16.6. The van der Waals surface area contributed by atoms with Crippen LogP contribution in [0.15, 0.2) is 89.7 Å². The Bertz CT molecular complexity index is 1330. The van der Waals surface area contributed by atoms with Crippen molar-refractivity contribution in [1.29, 1.82) is 0 Å². The van der Waals surface area contributed by atoms with E-state index in [-0.39, 0.29) is 11.7 Å². The third kappa shape index (κ3) is 9.31. The molecule has 2 aromatic carbocycles. The van der Waals surface area contributed by atoms with Gasteiger partial charge in [-0.2, -0.15) is 13.2 Å². The molecule has 4 rings (SSSR count). The molecule has 8 heteroatoms.